The molecule has 0 aliphatic carbocycles. The maximum absolute atomic E-state index is 13.8. The number of carbonyl (C=O) groups excluding carboxylic acids is 2. The van der Waals surface area contributed by atoms with Crippen LogP contribution < -0.4 is 5.32 Å². The third kappa shape index (κ3) is 3.66. The number of methoxy groups -OCH3 is 1. The van der Waals surface area contributed by atoms with E-state index in [1.807, 2.05) is 6.07 Å². The average molecular weight is 436 g/mol. The van der Waals surface area contributed by atoms with Gasteiger partial charge in [0.1, 0.15) is 24.2 Å². The van der Waals surface area contributed by atoms with Gasteiger partial charge in [-0.2, -0.15) is 0 Å². The van der Waals surface area contributed by atoms with Crippen molar-refractivity contribution in [2.45, 2.75) is 38.3 Å². The topological polar surface area (TPSA) is 67.9 Å². The van der Waals surface area contributed by atoms with Gasteiger partial charge >= 0.3 is 5.97 Å². The van der Waals surface area contributed by atoms with Crippen molar-refractivity contribution in [1.82, 2.24) is 4.90 Å². The van der Waals surface area contributed by atoms with E-state index in [1.165, 1.54) is 24.8 Å². The number of esters is 1. The van der Waals surface area contributed by atoms with Crippen LogP contribution in [0.1, 0.15) is 41.5 Å². The van der Waals surface area contributed by atoms with Crippen LogP contribution in [0.25, 0.3) is 11.3 Å². The Morgan fingerprint density at radius 1 is 1.25 bits per heavy atom. The van der Waals surface area contributed by atoms with Crippen LogP contribution in [-0.4, -0.2) is 43.0 Å². The van der Waals surface area contributed by atoms with Gasteiger partial charge in [-0.15, -0.1) is 0 Å². The Labute approximate surface area is 186 Å². The van der Waals surface area contributed by atoms with Crippen LogP contribution in [-0.2, 0) is 32.1 Å². The maximum atomic E-state index is 13.8. The number of carbonyl (C=O) groups is 2. The van der Waals surface area contributed by atoms with Gasteiger partial charge in [-0.1, -0.05) is 18.2 Å². The van der Waals surface area contributed by atoms with Crippen molar-refractivity contribution in [3.05, 3.63) is 64.5 Å². The quantitative estimate of drug-likeness (QED) is 0.571. The van der Waals surface area contributed by atoms with E-state index < -0.39 is 0 Å². The highest BCUT2D eigenvalue weighted by molar-refractivity contribution is 6.36. The molecule has 3 aliphatic heterocycles. The zero-order chi connectivity index (χ0) is 22.2. The number of aryl methyl sites for hydroxylation is 1. The third-order valence-corrected chi connectivity index (χ3v) is 6.49. The second-order valence-electron chi connectivity index (χ2n) is 8.45. The molecule has 7 heteroatoms. The van der Waals surface area contributed by atoms with E-state index in [9.17, 15) is 14.0 Å². The van der Waals surface area contributed by atoms with Gasteiger partial charge in [0.25, 0.3) is 5.91 Å². The van der Waals surface area contributed by atoms with Crippen LogP contribution in [0.5, 0.6) is 0 Å². The lowest BCUT2D eigenvalue weighted by Crippen LogP contribution is -2.37. The standard InChI is InChI=1S/C25H25FN2O4/c1-31-25(30)21-5-3-11-28(21)10-2-4-15-6-8-18-16(12-15)14-32-23(18)22-19-13-17(26)7-9-20(19)27-24(22)29/h6-9,12-13,21H,2-5,10-11,14H2,1H3,(H,27,29)/t21-/m0/s1. The van der Waals surface area contributed by atoms with Crippen molar-refractivity contribution in [2.24, 2.45) is 0 Å². The van der Waals surface area contributed by atoms with Crippen molar-refractivity contribution >= 4 is 28.9 Å². The number of amides is 1. The molecule has 166 valence electrons. The number of anilines is 1. The summed E-state index contributed by atoms with van der Waals surface area (Å²) in [5, 5.41) is 2.78. The monoisotopic (exact) mass is 436 g/mol. The molecule has 3 aliphatic rings. The largest absolute Gasteiger partial charge is 0.487 e. The molecule has 1 fully saturated rings. The van der Waals surface area contributed by atoms with Crippen molar-refractivity contribution in [1.29, 1.82) is 0 Å². The molecule has 32 heavy (non-hydrogen) atoms. The molecular formula is C25H25FN2O4. The van der Waals surface area contributed by atoms with E-state index in [0.717, 1.165) is 49.9 Å². The predicted octanol–water partition coefficient (Wildman–Crippen LogP) is 3.75. The summed E-state index contributed by atoms with van der Waals surface area (Å²) in [5.74, 6) is -0.302. The van der Waals surface area contributed by atoms with Gasteiger partial charge in [-0.05, 0) is 62.5 Å². The van der Waals surface area contributed by atoms with Crippen molar-refractivity contribution in [2.75, 3.05) is 25.5 Å². The van der Waals surface area contributed by atoms with E-state index in [4.69, 9.17) is 9.47 Å². The van der Waals surface area contributed by atoms with Crippen LogP contribution in [0, 0.1) is 5.82 Å². The molecule has 3 heterocycles. The Kier molecular flexibility index (Phi) is 5.43. The summed E-state index contributed by atoms with van der Waals surface area (Å²) in [5.41, 5.74) is 4.61. The molecular weight excluding hydrogens is 411 g/mol. The highest BCUT2D eigenvalue weighted by atomic mass is 19.1. The summed E-state index contributed by atoms with van der Waals surface area (Å²) < 4.78 is 24.6. The van der Waals surface area contributed by atoms with Gasteiger partial charge in [0.05, 0.1) is 12.7 Å². The lowest BCUT2D eigenvalue weighted by Gasteiger charge is -2.22. The van der Waals surface area contributed by atoms with Gasteiger partial charge in [0.15, 0.2) is 0 Å². The minimum atomic E-state index is -0.389. The molecule has 0 bridgehead atoms. The van der Waals surface area contributed by atoms with Crippen LogP contribution >= 0.6 is 0 Å². The van der Waals surface area contributed by atoms with Gasteiger partial charge in [-0.25, -0.2) is 4.39 Å². The van der Waals surface area contributed by atoms with Crippen molar-refractivity contribution in [3.63, 3.8) is 0 Å². The Hall–Kier alpha value is -3.19. The number of benzene rings is 2. The number of hydrogen-bond acceptors (Lipinski definition) is 5. The Bertz CT molecular complexity index is 1130. The Morgan fingerprint density at radius 3 is 2.97 bits per heavy atom. The predicted molar refractivity (Wildman–Crippen MR) is 118 cm³/mol. The average Bonchev–Trinajstić information content (AvgIpc) is 3.49. The Morgan fingerprint density at radius 2 is 2.12 bits per heavy atom. The second-order valence-corrected chi connectivity index (χ2v) is 8.45. The molecule has 1 N–H and O–H groups in total. The molecule has 0 spiro atoms. The Balaban J connectivity index is 1.31. The molecule has 1 amide bonds. The van der Waals surface area contributed by atoms with Crippen LogP contribution in [0.2, 0.25) is 0 Å². The SMILES string of the molecule is COC(=O)[C@@H]1CCCN1CCCc1ccc2c(c1)COC2=C1C(=O)Nc2ccc(F)cc21. The fourth-order valence-corrected chi connectivity index (χ4v) is 4.93. The number of fused-ring (bicyclic) bond motifs is 2. The van der Waals surface area contributed by atoms with Crippen LogP contribution in [0.3, 0.4) is 0 Å². The molecule has 1 atom stereocenters. The van der Waals surface area contributed by atoms with E-state index in [1.54, 1.807) is 6.07 Å². The summed E-state index contributed by atoms with van der Waals surface area (Å²) in [6, 6.07) is 10.3. The van der Waals surface area contributed by atoms with E-state index in [2.05, 4.69) is 22.3 Å². The van der Waals surface area contributed by atoms with Crippen LogP contribution in [0.4, 0.5) is 10.1 Å². The van der Waals surface area contributed by atoms with Crippen molar-refractivity contribution in [3.8, 4) is 0 Å². The first-order valence-corrected chi connectivity index (χ1v) is 11.0. The van der Waals surface area contributed by atoms with Gasteiger partial charge in [-0.3, -0.25) is 14.5 Å². The lowest BCUT2D eigenvalue weighted by atomic mass is 9.98. The molecule has 1 saturated heterocycles. The highest BCUT2D eigenvalue weighted by Gasteiger charge is 2.33. The van der Waals surface area contributed by atoms with Gasteiger partial charge in [0.2, 0.25) is 0 Å². The second kappa shape index (κ2) is 8.39. The van der Waals surface area contributed by atoms with E-state index in [0.29, 0.717) is 29.2 Å². The fourth-order valence-electron chi connectivity index (χ4n) is 4.93. The zero-order valence-electron chi connectivity index (χ0n) is 17.9. The molecule has 2 aromatic carbocycles. The number of hydrogen-bond donors (Lipinski definition) is 1. The number of nitrogens with one attached hydrogen (secondary N) is 1. The molecule has 2 aromatic rings. The molecule has 6 nitrogen and oxygen atoms in total. The number of nitrogens with zero attached hydrogens (tertiary/aromatic N) is 1. The number of ether oxygens (including phenoxy) is 2. The van der Waals surface area contributed by atoms with E-state index >= 15 is 0 Å². The molecule has 5 rings (SSSR count). The van der Waals surface area contributed by atoms with E-state index in [-0.39, 0.29) is 23.7 Å². The minimum Gasteiger partial charge on any atom is -0.487 e. The van der Waals surface area contributed by atoms with Crippen LogP contribution in [0.15, 0.2) is 36.4 Å². The number of halogens is 1. The highest BCUT2D eigenvalue weighted by Crippen LogP contribution is 2.42. The minimum absolute atomic E-state index is 0.118. The summed E-state index contributed by atoms with van der Waals surface area (Å²) in [7, 11) is 1.44. The smallest absolute Gasteiger partial charge is 0.323 e. The maximum Gasteiger partial charge on any atom is 0.323 e. The number of likely N-dealkylation sites (tertiary alicyclic amines) is 1. The fraction of sp³-hybridized carbons (Fsp3) is 0.360. The first kappa shape index (κ1) is 20.7. The third-order valence-electron chi connectivity index (χ3n) is 6.49. The van der Waals surface area contributed by atoms with Crippen molar-refractivity contribution < 1.29 is 23.5 Å². The summed E-state index contributed by atoms with van der Waals surface area (Å²) >= 11 is 0. The number of rotatable bonds is 5. The van der Waals surface area contributed by atoms with Gasteiger partial charge < -0.3 is 14.8 Å². The van der Waals surface area contributed by atoms with Gasteiger partial charge in [0, 0.05) is 22.4 Å². The molecule has 0 radical (unpaired) electrons. The molecule has 0 saturated carbocycles. The summed E-state index contributed by atoms with van der Waals surface area (Å²) in [6.07, 6.45) is 3.71. The first-order valence-electron chi connectivity index (χ1n) is 11.0. The summed E-state index contributed by atoms with van der Waals surface area (Å²) in [6.45, 7) is 2.17. The normalized spacial score (nSPS) is 21.8. The first-order chi connectivity index (χ1) is 15.5. The lowest BCUT2D eigenvalue weighted by molar-refractivity contribution is -0.145. The molecule has 0 unspecified atom stereocenters. The molecule has 0 aromatic heterocycles. The zero-order valence-corrected chi connectivity index (χ0v) is 17.9. The summed E-state index contributed by atoms with van der Waals surface area (Å²) in [4.78, 5) is 26.7.